The lowest BCUT2D eigenvalue weighted by atomic mass is 9.91. The third-order valence-corrected chi connectivity index (χ3v) is 8.54. The van der Waals surface area contributed by atoms with E-state index in [2.05, 4.69) is 17.6 Å². The summed E-state index contributed by atoms with van der Waals surface area (Å²) in [7, 11) is 0. The van der Waals surface area contributed by atoms with E-state index in [0.29, 0.717) is 22.9 Å². The molecule has 0 aromatic heterocycles. The van der Waals surface area contributed by atoms with E-state index in [1.165, 1.54) is 11.8 Å². The zero-order chi connectivity index (χ0) is 30.2. The highest BCUT2D eigenvalue weighted by Gasteiger charge is 2.38. The SMILES string of the molecule is CC1C(CSc2ccccc2C(=O)O)OC(c2ccc(NC(=O)NCc3ccccc3)cc2)OC1c1ccc(CO)cc1. The summed E-state index contributed by atoms with van der Waals surface area (Å²) in [5, 5.41) is 24.8. The maximum Gasteiger partial charge on any atom is 0.336 e. The molecule has 1 fully saturated rings. The van der Waals surface area contributed by atoms with Crippen LogP contribution in [0.3, 0.4) is 0 Å². The van der Waals surface area contributed by atoms with Crippen molar-refractivity contribution in [1.29, 1.82) is 0 Å². The molecule has 1 aliphatic heterocycles. The van der Waals surface area contributed by atoms with Crippen molar-refractivity contribution in [2.75, 3.05) is 11.1 Å². The molecule has 4 atom stereocenters. The van der Waals surface area contributed by atoms with Gasteiger partial charge in [-0.15, -0.1) is 11.8 Å². The highest BCUT2D eigenvalue weighted by molar-refractivity contribution is 7.99. The van der Waals surface area contributed by atoms with Crippen LogP contribution in [0.2, 0.25) is 0 Å². The number of anilines is 1. The lowest BCUT2D eigenvalue weighted by Crippen LogP contribution is -2.38. The normalized spacial score (nSPS) is 19.9. The van der Waals surface area contributed by atoms with E-state index in [1.807, 2.05) is 78.9 Å². The minimum Gasteiger partial charge on any atom is -0.478 e. The fourth-order valence-corrected chi connectivity index (χ4v) is 6.14. The predicted octanol–water partition coefficient (Wildman–Crippen LogP) is 6.78. The highest BCUT2D eigenvalue weighted by atomic mass is 32.2. The molecule has 2 amide bonds. The van der Waals surface area contributed by atoms with Crippen molar-refractivity contribution in [3.8, 4) is 0 Å². The average molecular weight is 599 g/mol. The molecule has 8 nitrogen and oxygen atoms in total. The van der Waals surface area contributed by atoms with Crippen LogP contribution in [0.25, 0.3) is 0 Å². The van der Waals surface area contributed by atoms with Crippen LogP contribution >= 0.6 is 11.8 Å². The topological polar surface area (TPSA) is 117 Å². The van der Waals surface area contributed by atoms with Gasteiger partial charge in [-0.05, 0) is 41.0 Å². The molecule has 0 radical (unpaired) electrons. The number of rotatable bonds is 10. The van der Waals surface area contributed by atoms with Gasteiger partial charge in [0, 0.05) is 34.4 Å². The highest BCUT2D eigenvalue weighted by Crippen LogP contribution is 2.43. The van der Waals surface area contributed by atoms with E-state index < -0.39 is 12.3 Å². The van der Waals surface area contributed by atoms with Gasteiger partial charge >= 0.3 is 12.0 Å². The number of aromatic carboxylic acids is 1. The quantitative estimate of drug-likeness (QED) is 0.149. The number of carboxylic acids is 1. The third-order valence-electron chi connectivity index (χ3n) is 7.38. The molecule has 4 aromatic carbocycles. The Morgan fingerprint density at radius 3 is 2.19 bits per heavy atom. The van der Waals surface area contributed by atoms with Crippen LogP contribution in [0.5, 0.6) is 0 Å². The molecule has 4 unspecified atom stereocenters. The van der Waals surface area contributed by atoms with Crippen molar-refractivity contribution < 1.29 is 29.3 Å². The first kappa shape index (κ1) is 30.3. The average Bonchev–Trinajstić information content (AvgIpc) is 3.04. The van der Waals surface area contributed by atoms with Gasteiger partial charge in [0.15, 0.2) is 6.29 Å². The minimum absolute atomic E-state index is 0.0417. The number of amides is 2. The number of carbonyl (C=O) groups excluding carboxylic acids is 1. The van der Waals surface area contributed by atoms with Gasteiger partial charge in [0.2, 0.25) is 0 Å². The molecule has 222 valence electrons. The smallest absolute Gasteiger partial charge is 0.336 e. The van der Waals surface area contributed by atoms with Gasteiger partial charge in [-0.3, -0.25) is 0 Å². The van der Waals surface area contributed by atoms with E-state index in [4.69, 9.17) is 9.47 Å². The maximum absolute atomic E-state index is 12.4. The molecule has 5 rings (SSSR count). The van der Waals surface area contributed by atoms with Crippen LogP contribution in [0.4, 0.5) is 10.5 Å². The van der Waals surface area contributed by atoms with Crippen LogP contribution in [-0.4, -0.2) is 34.1 Å². The number of nitrogens with one attached hydrogen (secondary N) is 2. The van der Waals surface area contributed by atoms with Crippen LogP contribution < -0.4 is 10.6 Å². The lowest BCUT2D eigenvalue weighted by molar-refractivity contribution is -0.268. The van der Waals surface area contributed by atoms with Crippen LogP contribution in [0, 0.1) is 5.92 Å². The number of hydrogen-bond acceptors (Lipinski definition) is 6. The Balaban J connectivity index is 1.30. The minimum atomic E-state index is -0.966. The summed E-state index contributed by atoms with van der Waals surface area (Å²) in [6, 6.07) is 31.4. The monoisotopic (exact) mass is 598 g/mol. The molecule has 1 heterocycles. The standard InChI is InChI=1S/C34H34N2O6S/c1-22-29(21-43-30-10-6-5-9-28(30)32(38)39)41-33(42-31(22)25-13-11-24(20-37)12-14-25)26-15-17-27(18-16-26)36-34(40)35-19-23-7-3-2-4-8-23/h2-18,22,29,31,33,37H,19-21H2,1H3,(H,38,39)(H2,35,36,40). The van der Waals surface area contributed by atoms with Crippen LogP contribution in [0.1, 0.15) is 51.9 Å². The van der Waals surface area contributed by atoms with Gasteiger partial charge < -0.3 is 30.3 Å². The number of carbonyl (C=O) groups is 2. The molecule has 0 bridgehead atoms. The van der Waals surface area contributed by atoms with Crippen molar-refractivity contribution in [2.24, 2.45) is 5.92 Å². The first-order valence-electron chi connectivity index (χ1n) is 14.1. The van der Waals surface area contributed by atoms with E-state index >= 15 is 0 Å². The maximum atomic E-state index is 12.4. The number of thioether (sulfide) groups is 1. The third kappa shape index (κ3) is 7.82. The Morgan fingerprint density at radius 1 is 0.814 bits per heavy atom. The van der Waals surface area contributed by atoms with Gasteiger partial charge in [-0.1, -0.05) is 85.8 Å². The van der Waals surface area contributed by atoms with E-state index in [1.54, 1.807) is 24.3 Å². The molecule has 9 heteroatoms. The number of ether oxygens (including phenoxy) is 2. The molecule has 0 aliphatic carbocycles. The number of urea groups is 1. The van der Waals surface area contributed by atoms with Crippen molar-refractivity contribution >= 4 is 29.4 Å². The van der Waals surface area contributed by atoms with Gasteiger partial charge in [-0.2, -0.15) is 0 Å². The molecular weight excluding hydrogens is 564 g/mol. The molecule has 4 N–H and O–H groups in total. The Labute approximate surface area is 255 Å². The Bertz CT molecular complexity index is 1510. The summed E-state index contributed by atoms with van der Waals surface area (Å²) in [5.41, 5.74) is 4.47. The number of carboxylic acid groups (broad SMARTS) is 1. The summed E-state index contributed by atoms with van der Waals surface area (Å²) in [6.07, 6.45) is -1.23. The summed E-state index contributed by atoms with van der Waals surface area (Å²) in [6.45, 7) is 2.44. The summed E-state index contributed by atoms with van der Waals surface area (Å²) < 4.78 is 13.0. The number of benzene rings is 4. The molecule has 0 saturated carbocycles. The lowest BCUT2D eigenvalue weighted by Gasteiger charge is -2.41. The molecule has 1 aliphatic rings. The molecule has 4 aromatic rings. The van der Waals surface area contributed by atoms with E-state index in [0.717, 1.165) is 22.3 Å². The van der Waals surface area contributed by atoms with Gasteiger partial charge in [-0.25, -0.2) is 9.59 Å². The van der Waals surface area contributed by atoms with Crippen molar-refractivity contribution in [2.45, 2.75) is 43.5 Å². The van der Waals surface area contributed by atoms with Crippen molar-refractivity contribution in [3.63, 3.8) is 0 Å². The predicted molar refractivity (Wildman–Crippen MR) is 166 cm³/mol. The van der Waals surface area contributed by atoms with Crippen LogP contribution in [0.15, 0.2) is 108 Å². The molecule has 43 heavy (non-hydrogen) atoms. The van der Waals surface area contributed by atoms with Crippen molar-refractivity contribution in [1.82, 2.24) is 5.32 Å². The summed E-state index contributed by atoms with van der Waals surface area (Å²) in [5.74, 6) is -0.487. The second-order valence-electron chi connectivity index (χ2n) is 10.3. The van der Waals surface area contributed by atoms with Gasteiger partial charge in [0.1, 0.15) is 0 Å². The molecular formula is C34H34N2O6S. The fourth-order valence-electron chi connectivity index (χ4n) is 4.93. The molecule has 1 saturated heterocycles. The Hall–Kier alpha value is -4.15. The first-order valence-corrected chi connectivity index (χ1v) is 15.0. The first-order chi connectivity index (χ1) is 20.9. The second-order valence-corrected chi connectivity index (χ2v) is 11.4. The Kier molecular flexibility index (Phi) is 10.1. The zero-order valence-corrected chi connectivity index (χ0v) is 24.5. The van der Waals surface area contributed by atoms with Gasteiger partial charge in [0.05, 0.1) is 24.4 Å². The summed E-state index contributed by atoms with van der Waals surface area (Å²) >= 11 is 1.45. The summed E-state index contributed by atoms with van der Waals surface area (Å²) in [4.78, 5) is 24.9. The second kappa shape index (κ2) is 14.3. The number of aliphatic hydroxyl groups excluding tert-OH is 1. The van der Waals surface area contributed by atoms with E-state index in [-0.39, 0.29) is 36.3 Å². The molecule has 0 spiro atoms. The van der Waals surface area contributed by atoms with Gasteiger partial charge in [0.25, 0.3) is 0 Å². The van der Waals surface area contributed by atoms with Crippen molar-refractivity contribution in [3.05, 3.63) is 131 Å². The zero-order valence-electron chi connectivity index (χ0n) is 23.7. The largest absolute Gasteiger partial charge is 0.478 e. The van der Waals surface area contributed by atoms with Crippen LogP contribution in [-0.2, 0) is 22.6 Å². The Morgan fingerprint density at radius 2 is 1.49 bits per heavy atom. The van der Waals surface area contributed by atoms with E-state index in [9.17, 15) is 19.8 Å². The number of hydrogen-bond donors (Lipinski definition) is 4. The number of aliphatic hydroxyl groups is 1. The fraction of sp³-hybridized carbons (Fsp3) is 0.235.